The number of hydrogen-bond acceptors (Lipinski definition) is 7. The molecule has 0 aromatic rings. The molecule has 11 nitrogen and oxygen atoms in total. The fraction of sp³-hybridized carbons (Fsp3) is 0.833. The topological polar surface area (TPSA) is 138 Å². The van der Waals surface area contributed by atoms with Gasteiger partial charge in [-0.2, -0.15) is 13.5 Å². The number of hydrogen-bond donors (Lipinski definition) is 3. The van der Waals surface area contributed by atoms with Crippen LogP contribution >= 0.6 is 0 Å². The van der Waals surface area contributed by atoms with Crippen LogP contribution in [0.5, 0.6) is 0 Å². The SMILES string of the molecule is O=C(NO[C@H]1CCCNC1)[C@@H]1CC[C@@H]2CN1C(=O)N2OS(=O)(=O)O. The lowest BCUT2D eigenvalue weighted by molar-refractivity contribution is -0.144. The van der Waals surface area contributed by atoms with Crippen LogP contribution in [0.25, 0.3) is 0 Å². The molecule has 3 heterocycles. The minimum Gasteiger partial charge on any atom is -0.314 e. The summed E-state index contributed by atoms with van der Waals surface area (Å²) in [7, 11) is -4.80. The Morgan fingerprint density at radius 2 is 2.12 bits per heavy atom. The van der Waals surface area contributed by atoms with Gasteiger partial charge in [0.15, 0.2) is 0 Å². The van der Waals surface area contributed by atoms with E-state index in [1.165, 1.54) is 4.90 Å². The first-order valence-corrected chi connectivity index (χ1v) is 9.15. The summed E-state index contributed by atoms with van der Waals surface area (Å²) in [5, 5.41) is 3.76. The maximum atomic E-state index is 12.3. The number of carbonyl (C=O) groups excluding carboxylic acids is 2. The van der Waals surface area contributed by atoms with E-state index in [0.29, 0.717) is 24.4 Å². The highest BCUT2D eigenvalue weighted by Crippen LogP contribution is 2.30. The fourth-order valence-electron chi connectivity index (χ4n) is 3.23. The Bertz CT molecular complexity index is 607. The van der Waals surface area contributed by atoms with Crippen LogP contribution in [0.4, 0.5) is 4.79 Å². The molecule has 0 aromatic carbocycles. The number of nitrogens with zero attached hydrogens (tertiary/aromatic N) is 2. The molecular formula is C12H20N4O7S. The Morgan fingerprint density at radius 1 is 1.33 bits per heavy atom. The lowest BCUT2D eigenvalue weighted by Crippen LogP contribution is -2.51. The number of piperidine rings is 2. The number of urea groups is 1. The van der Waals surface area contributed by atoms with Gasteiger partial charge in [-0.05, 0) is 32.2 Å². The number of carbonyl (C=O) groups is 2. The second kappa shape index (κ2) is 6.80. The van der Waals surface area contributed by atoms with Crippen LogP contribution < -0.4 is 10.8 Å². The zero-order valence-corrected chi connectivity index (χ0v) is 13.7. The molecule has 136 valence electrons. The van der Waals surface area contributed by atoms with Crippen LogP contribution in [0.2, 0.25) is 0 Å². The predicted octanol–water partition coefficient (Wildman–Crippen LogP) is -1.21. The quantitative estimate of drug-likeness (QED) is 0.408. The molecule has 0 aromatic heterocycles. The number of amides is 3. The van der Waals surface area contributed by atoms with E-state index in [-0.39, 0.29) is 12.6 Å². The first-order valence-electron chi connectivity index (χ1n) is 7.78. The van der Waals surface area contributed by atoms with E-state index in [2.05, 4.69) is 15.1 Å². The van der Waals surface area contributed by atoms with E-state index in [4.69, 9.17) is 9.39 Å². The van der Waals surface area contributed by atoms with Crippen molar-refractivity contribution in [3.63, 3.8) is 0 Å². The van der Waals surface area contributed by atoms with Crippen molar-refractivity contribution in [1.29, 1.82) is 0 Å². The van der Waals surface area contributed by atoms with Crippen LogP contribution in [0.15, 0.2) is 0 Å². The van der Waals surface area contributed by atoms with Crippen molar-refractivity contribution in [3.05, 3.63) is 0 Å². The monoisotopic (exact) mass is 364 g/mol. The van der Waals surface area contributed by atoms with E-state index in [1.807, 2.05) is 0 Å². The van der Waals surface area contributed by atoms with Gasteiger partial charge in [0.1, 0.15) is 6.04 Å². The van der Waals surface area contributed by atoms with Crippen molar-refractivity contribution in [2.75, 3.05) is 19.6 Å². The van der Waals surface area contributed by atoms with E-state index >= 15 is 0 Å². The maximum Gasteiger partial charge on any atom is 0.418 e. The highest BCUT2D eigenvalue weighted by atomic mass is 32.3. The molecule has 3 aliphatic heterocycles. The summed E-state index contributed by atoms with van der Waals surface area (Å²) in [4.78, 5) is 31.1. The van der Waals surface area contributed by atoms with Crippen molar-refractivity contribution < 1.29 is 31.7 Å². The molecule has 24 heavy (non-hydrogen) atoms. The van der Waals surface area contributed by atoms with Crippen LogP contribution in [0.1, 0.15) is 25.7 Å². The number of nitrogens with one attached hydrogen (secondary N) is 2. The third-order valence-corrected chi connectivity index (χ3v) is 4.73. The average molecular weight is 364 g/mol. The standard InChI is InChI=1S/C12H20N4O7S/c17-11(14-22-9-2-1-5-13-6-9)10-4-3-8-7-15(10)12(18)16(8)23-24(19,20)21/h8-10,13H,1-7H2,(H,14,17)(H,19,20,21)/t8-,9+,10+/m1/s1. The minimum atomic E-state index is -4.80. The molecule has 0 unspecified atom stereocenters. The first kappa shape index (κ1) is 17.4. The van der Waals surface area contributed by atoms with Crippen molar-refractivity contribution in [2.24, 2.45) is 0 Å². The van der Waals surface area contributed by atoms with Crippen molar-refractivity contribution in [2.45, 2.75) is 43.9 Å². The Kier molecular flexibility index (Phi) is 4.92. The minimum absolute atomic E-state index is 0.118. The van der Waals surface area contributed by atoms with E-state index in [1.54, 1.807) is 0 Å². The lowest BCUT2D eigenvalue weighted by Gasteiger charge is -2.30. The van der Waals surface area contributed by atoms with Gasteiger partial charge < -0.3 is 10.2 Å². The molecular weight excluding hydrogens is 344 g/mol. The molecule has 3 rings (SSSR count). The van der Waals surface area contributed by atoms with Crippen LogP contribution in [-0.2, 0) is 24.3 Å². The van der Waals surface area contributed by atoms with Crippen LogP contribution in [-0.4, -0.2) is 72.7 Å². The van der Waals surface area contributed by atoms with E-state index in [0.717, 1.165) is 19.4 Å². The number of rotatable bonds is 5. The molecule has 0 radical (unpaired) electrons. The Balaban J connectivity index is 1.58. The maximum absolute atomic E-state index is 12.3. The number of hydroxylamine groups is 3. The molecule has 2 bridgehead atoms. The summed E-state index contributed by atoms with van der Waals surface area (Å²) in [6.45, 7) is 1.72. The number of fused-ring (bicyclic) bond motifs is 2. The molecule has 0 saturated carbocycles. The van der Waals surface area contributed by atoms with Gasteiger partial charge in [-0.15, -0.1) is 4.28 Å². The molecule has 3 aliphatic rings. The van der Waals surface area contributed by atoms with E-state index in [9.17, 15) is 18.0 Å². The largest absolute Gasteiger partial charge is 0.418 e. The highest BCUT2D eigenvalue weighted by molar-refractivity contribution is 7.80. The fourth-order valence-corrected chi connectivity index (χ4v) is 3.62. The third-order valence-electron chi connectivity index (χ3n) is 4.38. The van der Waals surface area contributed by atoms with Crippen LogP contribution in [0.3, 0.4) is 0 Å². The summed E-state index contributed by atoms with van der Waals surface area (Å²) in [6.07, 6.45) is 2.39. The third kappa shape index (κ3) is 3.78. The van der Waals surface area contributed by atoms with Gasteiger partial charge in [0, 0.05) is 13.1 Å². The zero-order chi connectivity index (χ0) is 17.3. The molecule has 3 fully saturated rings. The van der Waals surface area contributed by atoms with Gasteiger partial charge in [0.05, 0.1) is 12.1 Å². The predicted molar refractivity (Wildman–Crippen MR) is 78.5 cm³/mol. The summed E-state index contributed by atoms with van der Waals surface area (Å²) in [6, 6.07) is -2.05. The molecule has 3 amide bonds. The zero-order valence-electron chi connectivity index (χ0n) is 12.9. The molecule has 3 saturated heterocycles. The van der Waals surface area contributed by atoms with Gasteiger partial charge in [0.25, 0.3) is 5.91 Å². The molecule has 0 aliphatic carbocycles. The van der Waals surface area contributed by atoms with Gasteiger partial charge in [-0.25, -0.2) is 10.3 Å². The lowest BCUT2D eigenvalue weighted by atomic mass is 10.0. The summed E-state index contributed by atoms with van der Waals surface area (Å²) in [5.41, 5.74) is 2.39. The van der Waals surface area contributed by atoms with E-state index < -0.39 is 34.4 Å². The van der Waals surface area contributed by atoms with Gasteiger partial charge in [-0.3, -0.25) is 14.2 Å². The Hall–Kier alpha value is -1.47. The molecule has 3 atom stereocenters. The van der Waals surface area contributed by atoms with Crippen LogP contribution in [0, 0.1) is 0 Å². The highest BCUT2D eigenvalue weighted by Gasteiger charge is 2.49. The van der Waals surface area contributed by atoms with Gasteiger partial charge in [0.2, 0.25) is 0 Å². The Labute approximate surface area is 139 Å². The van der Waals surface area contributed by atoms with Crippen molar-refractivity contribution >= 4 is 22.3 Å². The van der Waals surface area contributed by atoms with Crippen molar-refractivity contribution in [1.82, 2.24) is 20.8 Å². The second-order valence-electron chi connectivity index (χ2n) is 6.06. The normalized spacial score (nSPS) is 30.5. The summed E-state index contributed by atoms with van der Waals surface area (Å²) < 4.78 is 34.7. The van der Waals surface area contributed by atoms with Gasteiger partial charge in [-0.1, -0.05) is 0 Å². The summed E-state index contributed by atoms with van der Waals surface area (Å²) in [5.74, 6) is -0.457. The first-order chi connectivity index (χ1) is 11.3. The van der Waals surface area contributed by atoms with Crippen molar-refractivity contribution in [3.8, 4) is 0 Å². The summed E-state index contributed by atoms with van der Waals surface area (Å²) >= 11 is 0. The molecule has 3 N–H and O–H groups in total. The molecule has 0 spiro atoms. The Morgan fingerprint density at radius 3 is 2.79 bits per heavy atom. The average Bonchev–Trinajstić information content (AvgIpc) is 2.77. The second-order valence-corrected chi connectivity index (χ2v) is 7.07. The smallest absolute Gasteiger partial charge is 0.314 e. The molecule has 12 heteroatoms. The van der Waals surface area contributed by atoms with Gasteiger partial charge >= 0.3 is 16.4 Å².